The smallest absolute Gasteiger partial charge is 0.264 e. The average Bonchev–Trinajstić information content (AvgIpc) is 2.88. The lowest BCUT2D eigenvalue weighted by molar-refractivity contribution is -0.117. The van der Waals surface area contributed by atoms with E-state index in [9.17, 15) is 13.2 Å². The molecule has 0 saturated heterocycles. The van der Waals surface area contributed by atoms with Gasteiger partial charge >= 0.3 is 0 Å². The van der Waals surface area contributed by atoms with Crippen LogP contribution in [-0.4, -0.2) is 27.9 Å². The molecular weight excluding hydrogens is 458 g/mol. The number of carbonyl (C=O) groups excluding carboxylic acids is 1. The first-order valence-electron chi connectivity index (χ1n) is 11.3. The molecule has 0 radical (unpaired) electrons. The maximum Gasteiger partial charge on any atom is 0.264 e. The SMILES string of the molecule is COc1ccccc1N(CC(=O)Cc1ccccc1-c1ccccc1)S(=O)(=O)c1ccc(C)cc1. The van der Waals surface area contributed by atoms with Crippen molar-refractivity contribution in [2.24, 2.45) is 0 Å². The zero-order valence-corrected chi connectivity index (χ0v) is 20.5. The number of ether oxygens (including phenoxy) is 1. The van der Waals surface area contributed by atoms with Gasteiger partial charge in [-0.1, -0.05) is 84.4 Å². The van der Waals surface area contributed by atoms with Crippen LogP contribution in [0, 0.1) is 6.92 Å². The molecule has 178 valence electrons. The molecule has 0 aliphatic carbocycles. The molecule has 0 aliphatic rings. The van der Waals surface area contributed by atoms with Crippen molar-refractivity contribution in [3.05, 3.63) is 114 Å². The Balaban J connectivity index is 1.70. The van der Waals surface area contributed by atoms with E-state index in [0.29, 0.717) is 11.4 Å². The van der Waals surface area contributed by atoms with Gasteiger partial charge in [-0.15, -0.1) is 0 Å². The zero-order valence-electron chi connectivity index (χ0n) is 19.7. The molecule has 4 rings (SSSR count). The van der Waals surface area contributed by atoms with E-state index < -0.39 is 10.0 Å². The van der Waals surface area contributed by atoms with Crippen molar-refractivity contribution in [2.75, 3.05) is 18.0 Å². The molecule has 0 aromatic heterocycles. The number of benzene rings is 4. The van der Waals surface area contributed by atoms with Crippen LogP contribution in [0.15, 0.2) is 108 Å². The molecule has 0 unspecified atom stereocenters. The first kappa shape index (κ1) is 24.2. The van der Waals surface area contributed by atoms with E-state index >= 15 is 0 Å². The van der Waals surface area contributed by atoms with Gasteiger partial charge in [-0.2, -0.15) is 0 Å². The molecule has 6 heteroatoms. The quantitative estimate of drug-likeness (QED) is 0.306. The van der Waals surface area contributed by atoms with Gasteiger partial charge in [0.05, 0.1) is 24.2 Å². The summed E-state index contributed by atoms with van der Waals surface area (Å²) in [5.41, 5.74) is 4.06. The largest absolute Gasteiger partial charge is 0.495 e. The minimum Gasteiger partial charge on any atom is -0.495 e. The van der Waals surface area contributed by atoms with E-state index in [2.05, 4.69) is 0 Å². The Hall–Kier alpha value is -3.90. The van der Waals surface area contributed by atoms with Gasteiger partial charge in [0.25, 0.3) is 10.0 Å². The fraction of sp³-hybridized carbons (Fsp3) is 0.138. The van der Waals surface area contributed by atoms with Crippen LogP contribution >= 0.6 is 0 Å². The normalized spacial score (nSPS) is 11.1. The number of Topliss-reactive ketones (excluding diaryl/α,β-unsaturated/α-hetero) is 1. The molecule has 5 nitrogen and oxygen atoms in total. The predicted molar refractivity (Wildman–Crippen MR) is 139 cm³/mol. The van der Waals surface area contributed by atoms with Crippen molar-refractivity contribution in [3.8, 4) is 16.9 Å². The number of para-hydroxylation sites is 2. The summed E-state index contributed by atoms with van der Waals surface area (Å²) in [6.07, 6.45) is 0.0974. The number of sulfonamides is 1. The summed E-state index contributed by atoms with van der Waals surface area (Å²) < 4.78 is 34.0. The second-order valence-electron chi connectivity index (χ2n) is 8.24. The number of hydrogen-bond acceptors (Lipinski definition) is 4. The molecule has 0 atom stereocenters. The van der Waals surface area contributed by atoms with Gasteiger partial charge in [0.1, 0.15) is 5.75 Å². The Morgan fingerprint density at radius 1 is 0.800 bits per heavy atom. The number of carbonyl (C=O) groups is 1. The molecule has 0 spiro atoms. The lowest BCUT2D eigenvalue weighted by Crippen LogP contribution is -2.36. The van der Waals surface area contributed by atoms with Crippen LogP contribution in [0.5, 0.6) is 5.75 Å². The molecule has 0 fully saturated rings. The van der Waals surface area contributed by atoms with E-state index in [1.54, 1.807) is 48.5 Å². The highest BCUT2D eigenvalue weighted by Crippen LogP contribution is 2.32. The number of nitrogens with zero attached hydrogens (tertiary/aromatic N) is 1. The second kappa shape index (κ2) is 10.6. The Bertz CT molecular complexity index is 1410. The topological polar surface area (TPSA) is 63.7 Å². The molecule has 0 N–H and O–H groups in total. The highest BCUT2D eigenvalue weighted by atomic mass is 32.2. The molecule has 0 saturated carbocycles. The van der Waals surface area contributed by atoms with Gasteiger partial charge in [0, 0.05) is 6.42 Å². The van der Waals surface area contributed by atoms with E-state index in [4.69, 9.17) is 4.74 Å². The number of ketones is 1. The summed E-state index contributed by atoms with van der Waals surface area (Å²) in [6, 6.07) is 30.9. The van der Waals surface area contributed by atoms with Crippen LogP contribution in [-0.2, 0) is 21.2 Å². The van der Waals surface area contributed by atoms with Gasteiger partial charge in [0.15, 0.2) is 5.78 Å². The highest BCUT2D eigenvalue weighted by Gasteiger charge is 2.29. The number of methoxy groups -OCH3 is 1. The van der Waals surface area contributed by atoms with Crippen molar-refractivity contribution in [2.45, 2.75) is 18.2 Å². The van der Waals surface area contributed by atoms with Crippen LogP contribution in [0.1, 0.15) is 11.1 Å². The third kappa shape index (κ3) is 5.44. The van der Waals surface area contributed by atoms with E-state index in [-0.39, 0.29) is 23.6 Å². The van der Waals surface area contributed by atoms with Crippen LogP contribution in [0.25, 0.3) is 11.1 Å². The maximum atomic E-state index is 13.7. The maximum absolute atomic E-state index is 13.7. The number of rotatable bonds is 9. The summed E-state index contributed by atoms with van der Waals surface area (Å²) in [5, 5.41) is 0. The molecule has 0 amide bonds. The van der Waals surface area contributed by atoms with Crippen LogP contribution in [0.4, 0.5) is 5.69 Å². The zero-order chi connectivity index (χ0) is 24.8. The average molecular weight is 486 g/mol. The van der Waals surface area contributed by atoms with Crippen molar-refractivity contribution in [1.29, 1.82) is 0 Å². The number of aryl methyl sites for hydroxylation is 1. The molecule has 0 bridgehead atoms. The summed E-state index contributed by atoms with van der Waals surface area (Å²) >= 11 is 0. The fourth-order valence-electron chi connectivity index (χ4n) is 3.98. The fourth-order valence-corrected chi connectivity index (χ4v) is 5.43. The second-order valence-corrected chi connectivity index (χ2v) is 10.1. The van der Waals surface area contributed by atoms with Crippen molar-refractivity contribution < 1.29 is 17.9 Å². The van der Waals surface area contributed by atoms with Crippen LogP contribution < -0.4 is 9.04 Å². The van der Waals surface area contributed by atoms with Gasteiger partial charge in [-0.25, -0.2) is 8.42 Å². The molecular formula is C29H27NO4S. The van der Waals surface area contributed by atoms with E-state index in [1.165, 1.54) is 7.11 Å². The first-order chi connectivity index (χ1) is 16.9. The molecule has 4 aromatic carbocycles. The first-order valence-corrected chi connectivity index (χ1v) is 12.7. The lowest BCUT2D eigenvalue weighted by atomic mass is 9.96. The summed E-state index contributed by atoms with van der Waals surface area (Å²) in [4.78, 5) is 13.5. The molecule has 35 heavy (non-hydrogen) atoms. The third-order valence-electron chi connectivity index (χ3n) is 5.77. The Labute approximate surface area is 206 Å². The summed E-state index contributed by atoms with van der Waals surface area (Å²) in [5.74, 6) is 0.149. The van der Waals surface area contributed by atoms with Crippen molar-refractivity contribution in [1.82, 2.24) is 0 Å². The standard InChI is InChI=1S/C29H27NO4S/c1-22-16-18-26(19-17-22)35(32,33)30(28-14-8-9-15-29(28)34-2)21-25(31)20-24-12-6-7-13-27(24)23-10-4-3-5-11-23/h3-19H,20-21H2,1-2H3. The summed E-state index contributed by atoms with van der Waals surface area (Å²) in [7, 11) is -2.54. The minimum absolute atomic E-state index is 0.0974. The molecule has 0 heterocycles. The number of anilines is 1. The van der Waals surface area contributed by atoms with E-state index in [0.717, 1.165) is 26.6 Å². The minimum atomic E-state index is -4.02. The van der Waals surface area contributed by atoms with Gasteiger partial charge in [-0.05, 0) is 47.9 Å². The van der Waals surface area contributed by atoms with Crippen molar-refractivity contribution >= 4 is 21.5 Å². The molecule has 4 aromatic rings. The third-order valence-corrected chi connectivity index (χ3v) is 7.55. The number of hydrogen-bond donors (Lipinski definition) is 0. The van der Waals surface area contributed by atoms with E-state index in [1.807, 2.05) is 61.5 Å². The lowest BCUT2D eigenvalue weighted by Gasteiger charge is -2.25. The Morgan fingerprint density at radius 2 is 1.43 bits per heavy atom. The Kier molecular flexibility index (Phi) is 7.32. The predicted octanol–water partition coefficient (Wildman–Crippen LogP) is 5.68. The van der Waals surface area contributed by atoms with Gasteiger partial charge in [-0.3, -0.25) is 9.10 Å². The van der Waals surface area contributed by atoms with Gasteiger partial charge < -0.3 is 4.74 Å². The van der Waals surface area contributed by atoms with Gasteiger partial charge in [0.2, 0.25) is 0 Å². The highest BCUT2D eigenvalue weighted by molar-refractivity contribution is 7.92. The summed E-state index contributed by atoms with van der Waals surface area (Å²) in [6.45, 7) is 1.57. The van der Waals surface area contributed by atoms with Crippen molar-refractivity contribution in [3.63, 3.8) is 0 Å². The van der Waals surface area contributed by atoms with Crippen LogP contribution in [0.2, 0.25) is 0 Å². The Morgan fingerprint density at radius 3 is 2.14 bits per heavy atom. The van der Waals surface area contributed by atoms with Crippen LogP contribution in [0.3, 0.4) is 0 Å². The molecule has 0 aliphatic heterocycles. The monoisotopic (exact) mass is 485 g/mol.